The van der Waals surface area contributed by atoms with Crippen molar-refractivity contribution in [3.63, 3.8) is 0 Å². The van der Waals surface area contributed by atoms with Gasteiger partial charge in [0.2, 0.25) is 0 Å². The molecule has 19 heavy (non-hydrogen) atoms. The van der Waals surface area contributed by atoms with Crippen LogP contribution in [0.15, 0.2) is 24.3 Å². The first-order chi connectivity index (χ1) is 9.13. The van der Waals surface area contributed by atoms with E-state index in [-0.39, 0.29) is 24.6 Å². The van der Waals surface area contributed by atoms with Crippen molar-refractivity contribution in [1.82, 2.24) is 0 Å². The lowest BCUT2D eigenvalue weighted by molar-refractivity contribution is -0.140. The maximum atomic E-state index is 12.0. The maximum absolute atomic E-state index is 12.0. The molecule has 1 heterocycles. The van der Waals surface area contributed by atoms with E-state index in [2.05, 4.69) is 26.7 Å². The van der Waals surface area contributed by atoms with Crippen molar-refractivity contribution in [3.8, 4) is 0 Å². The van der Waals surface area contributed by atoms with Crippen molar-refractivity contribution >= 4 is 49.1 Å². The maximum Gasteiger partial charge on any atom is 0.305 e. The number of thiophene rings is 1. The zero-order valence-corrected chi connectivity index (χ0v) is 12.8. The lowest BCUT2D eigenvalue weighted by atomic mass is 10.1. The van der Waals surface area contributed by atoms with Crippen LogP contribution in [0.25, 0.3) is 10.1 Å². The smallest absolute Gasteiger partial charge is 0.305 e. The molecule has 0 amide bonds. The minimum absolute atomic E-state index is 0.00741. The summed E-state index contributed by atoms with van der Waals surface area (Å²) >= 11 is 4.89. The van der Waals surface area contributed by atoms with E-state index in [1.165, 1.54) is 24.0 Å². The molecule has 0 N–H and O–H groups in total. The predicted molar refractivity (Wildman–Crippen MR) is 80.0 cm³/mol. The van der Waals surface area contributed by atoms with Crippen LogP contribution in [0.1, 0.15) is 28.1 Å². The molecule has 0 atom stereocenters. The fourth-order valence-electron chi connectivity index (χ4n) is 1.74. The molecular weight excluding hydrogens is 328 g/mol. The number of fused-ring (bicyclic) bond motifs is 1. The Morgan fingerprint density at radius 3 is 2.74 bits per heavy atom. The molecule has 0 radical (unpaired) electrons. The second-order valence-electron chi connectivity index (χ2n) is 4.12. The zero-order valence-electron chi connectivity index (χ0n) is 10.4. The molecule has 2 aromatic rings. The van der Waals surface area contributed by atoms with Crippen LogP contribution in [-0.4, -0.2) is 18.9 Å². The van der Waals surface area contributed by atoms with Crippen molar-refractivity contribution in [2.45, 2.75) is 18.2 Å². The highest BCUT2D eigenvalue weighted by atomic mass is 79.9. The van der Waals surface area contributed by atoms with Crippen LogP contribution < -0.4 is 0 Å². The van der Waals surface area contributed by atoms with Gasteiger partial charge in [-0.2, -0.15) is 0 Å². The Balaban J connectivity index is 2.16. The molecule has 100 valence electrons. The number of hydrogen-bond acceptors (Lipinski definition) is 4. The quantitative estimate of drug-likeness (QED) is 0.470. The molecule has 5 heteroatoms. The molecule has 0 bridgehead atoms. The monoisotopic (exact) mass is 340 g/mol. The number of ketones is 1. The molecule has 1 aromatic heterocycles. The minimum Gasteiger partial charge on any atom is -0.469 e. The molecule has 0 aliphatic carbocycles. The summed E-state index contributed by atoms with van der Waals surface area (Å²) in [5.74, 6) is -0.358. The topological polar surface area (TPSA) is 43.4 Å². The molecule has 1 aromatic carbocycles. The fourth-order valence-corrected chi connectivity index (χ4v) is 3.18. The molecule has 0 spiro atoms. The number of benzene rings is 1. The van der Waals surface area contributed by atoms with Crippen LogP contribution >= 0.6 is 27.3 Å². The Labute approximate surface area is 123 Å². The predicted octanol–water partition coefficient (Wildman–Crippen LogP) is 3.93. The van der Waals surface area contributed by atoms with Crippen LogP contribution in [0.5, 0.6) is 0 Å². The molecule has 0 fully saturated rings. The first kappa shape index (κ1) is 14.2. The Kier molecular flexibility index (Phi) is 4.71. The summed E-state index contributed by atoms with van der Waals surface area (Å²) in [6.45, 7) is 0. The second kappa shape index (κ2) is 6.30. The van der Waals surface area contributed by atoms with Gasteiger partial charge in [0.1, 0.15) is 0 Å². The summed E-state index contributed by atoms with van der Waals surface area (Å²) in [6.07, 6.45) is 0.334. The minimum atomic E-state index is -0.351. The van der Waals surface area contributed by atoms with Crippen molar-refractivity contribution in [1.29, 1.82) is 0 Å². The van der Waals surface area contributed by atoms with Gasteiger partial charge in [0, 0.05) is 16.5 Å². The summed E-state index contributed by atoms with van der Waals surface area (Å²) in [4.78, 5) is 23.7. The molecular formula is C14H13BrO3S. The van der Waals surface area contributed by atoms with Crippen LogP contribution in [0.2, 0.25) is 0 Å². The van der Waals surface area contributed by atoms with Gasteiger partial charge in [-0.1, -0.05) is 28.1 Å². The number of halogens is 1. The molecule has 0 aliphatic heterocycles. The second-order valence-corrected chi connectivity index (χ2v) is 5.76. The van der Waals surface area contributed by atoms with Crippen molar-refractivity contribution < 1.29 is 14.3 Å². The van der Waals surface area contributed by atoms with E-state index in [4.69, 9.17) is 0 Å². The van der Waals surface area contributed by atoms with Gasteiger partial charge in [-0.25, -0.2) is 0 Å². The number of rotatable bonds is 5. The summed E-state index contributed by atoms with van der Waals surface area (Å²) in [5.41, 5.74) is 1.18. The Morgan fingerprint density at radius 1 is 1.26 bits per heavy atom. The van der Waals surface area contributed by atoms with Gasteiger partial charge >= 0.3 is 5.97 Å². The third-order valence-electron chi connectivity index (χ3n) is 2.80. The third kappa shape index (κ3) is 3.42. The third-order valence-corrected chi connectivity index (χ3v) is 4.58. The van der Waals surface area contributed by atoms with Gasteiger partial charge in [-0.3, -0.25) is 9.59 Å². The van der Waals surface area contributed by atoms with E-state index in [1.807, 2.05) is 18.2 Å². The number of esters is 1. The highest BCUT2D eigenvalue weighted by molar-refractivity contribution is 9.08. The van der Waals surface area contributed by atoms with Gasteiger partial charge < -0.3 is 4.74 Å². The largest absolute Gasteiger partial charge is 0.469 e. The van der Waals surface area contributed by atoms with Crippen LogP contribution in [-0.2, 0) is 14.9 Å². The molecule has 2 rings (SSSR count). The lowest BCUT2D eigenvalue weighted by Crippen LogP contribution is -2.04. The number of Topliss-reactive ketones (excluding diaryl/α,β-unsaturated/α-hetero) is 1. The van der Waals surface area contributed by atoms with E-state index in [9.17, 15) is 9.59 Å². The molecule has 0 aliphatic rings. The fraction of sp³-hybridized carbons (Fsp3) is 0.286. The standard InChI is InChI=1S/C14H13BrO3S/c1-18-14(17)5-4-11(16)13-7-10-3-2-9(8-15)6-12(10)19-13/h2-3,6-7H,4-5,8H2,1H3. The van der Waals surface area contributed by atoms with E-state index in [0.717, 1.165) is 15.4 Å². The SMILES string of the molecule is COC(=O)CCC(=O)c1cc2ccc(CBr)cc2s1. The number of hydrogen-bond donors (Lipinski definition) is 0. The average molecular weight is 341 g/mol. The van der Waals surface area contributed by atoms with E-state index < -0.39 is 0 Å². The number of alkyl halides is 1. The van der Waals surface area contributed by atoms with Crippen LogP contribution in [0.3, 0.4) is 0 Å². The van der Waals surface area contributed by atoms with Crippen LogP contribution in [0, 0.1) is 0 Å². The van der Waals surface area contributed by atoms with Crippen molar-refractivity contribution in [2.24, 2.45) is 0 Å². The number of carbonyl (C=O) groups is 2. The molecule has 0 saturated heterocycles. The van der Waals surface area contributed by atoms with E-state index >= 15 is 0 Å². The normalized spacial score (nSPS) is 10.6. The summed E-state index contributed by atoms with van der Waals surface area (Å²) in [6, 6.07) is 8.01. The lowest BCUT2D eigenvalue weighted by Gasteiger charge is -1.96. The van der Waals surface area contributed by atoms with Gasteiger partial charge in [-0.15, -0.1) is 11.3 Å². The number of ether oxygens (including phenoxy) is 1. The van der Waals surface area contributed by atoms with E-state index in [1.54, 1.807) is 0 Å². The Hall–Kier alpha value is -1.20. The number of carbonyl (C=O) groups excluding carboxylic acids is 2. The molecule has 3 nitrogen and oxygen atoms in total. The van der Waals surface area contributed by atoms with Crippen molar-refractivity contribution in [3.05, 3.63) is 34.7 Å². The van der Waals surface area contributed by atoms with Gasteiger partial charge in [0.15, 0.2) is 5.78 Å². The van der Waals surface area contributed by atoms with Gasteiger partial charge in [0.25, 0.3) is 0 Å². The van der Waals surface area contributed by atoms with Gasteiger partial charge in [-0.05, 0) is 23.1 Å². The first-order valence-electron chi connectivity index (χ1n) is 5.82. The summed E-state index contributed by atoms with van der Waals surface area (Å²) < 4.78 is 5.63. The highest BCUT2D eigenvalue weighted by Crippen LogP contribution is 2.28. The Bertz CT molecular complexity index is 618. The van der Waals surface area contributed by atoms with E-state index in [0.29, 0.717) is 4.88 Å². The zero-order chi connectivity index (χ0) is 13.8. The molecule has 0 unspecified atom stereocenters. The average Bonchev–Trinajstić information content (AvgIpc) is 2.86. The van der Waals surface area contributed by atoms with Gasteiger partial charge in [0.05, 0.1) is 18.4 Å². The summed E-state index contributed by atoms with van der Waals surface area (Å²) in [5, 5.41) is 1.86. The first-order valence-corrected chi connectivity index (χ1v) is 7.76. The molecule has 0 saturated carbocycles. The summed E-state index contributed by atoms with van der Waals surface area (Å²) in [7, 11) is 1.33. The van der Waals surface area contributed by atoms with Crippen molar-refractivity contribution in [2.75, 3.05) is 7.11 Å². The van der Waals surface area contributed by atoms with Crippen LogP contribution in [0.4, 0.5) is 0 Å². The number of methoxy groups -OCH3 is 1. The Morgan fingerprint density at radius 2 is 2.05 bits per heavy atom. The highest BCUT2D eigenvalue weighted by Gasteiger charge is 2.12.